The van der Waals surface area contributed by atoms with E-state index < -0.39 is 0 Å². The average molecular weight is 349 g/mol. The zero-order valence-electron chi connectivity index (χ0n) is 13.1. The van der Waals surface area contributed by atoms with E-state index in [0.29, 0.717) is 37.0 Å². The van der Waals surface area contributed by atoms with Gasteiger partial charge in [-0.15, -0.1) is 0 Å². The summed E-state index contributed by atoms with van der Waals surface area (Å²) in [6.45, 7) is 2.52. The molecule has 1 aromatic carbocycles. The van der Waals surface area contributed by atoms with Crippen molar-refractivity contribution in [2.45, 2.75) is 0 Å². The molecule has 0 bridgehead atoms. The summed E-state index contributed by atoms with van der Waals surface area (Å²) in [7, 11) is 0. The van der Waals surface area contributed by atoms with E-state index in [2.05, 4.69) is 0 Å². The zero-order chi connectivity index (χ0) is 16.9. The first-order valence-electron chi connectivity index (χ1n) is 7.74. The molecule has 2 aromatic rings. The number of amides is 1. The Morgan fingerprint density at radius 2 is 1.83 bits per heavy atom. The molecule has 1 aliphatic rings. The highest BCUT2D eigenvalue weighted by Crippen LogP contribution is 2.16. The fourth-order valence-electron chi connectivity index (χ4n) is 2.63. The van der Waals surface area contributed by atoms with Crippen molar-refractivity contribution in [3.63, 3.8) is 0 Å². The van der Waals surface area contributed by atoms with Crippen molar-refractivity contribution in [3.8, 4) is 5.75 Å². The predicted molar refractivity (Wildman–Crippen MR) is 89.6 cm³/mol. The van der Waals surface area contributed by atoms with Crippen LogP contribution in [0, 0.1) is 0 Å². The van der Waals surface area contributed by atoms with Crippen LogP contribution in [0.25, 0.3) is 0 Å². The summed E-state index contributed by atoms with van der Waals surface area (Å²) in [6.07, 6.45) is 1.59. The Bertz CT molecular complexity index is 700. The van der Waals surface area contributed by atoms with E-state index in [0.717, 1.165) is 10.5 Å². The molecule has 0 unspecified atom stereocenters. The molecule has 0 spiro atoms. The molecule has 3 rings (SSSR count). The molecule has 1 saturated heterocycles. The van der Waals surface area contributed by atoms with Crippen LogP contribution in [0.1, 0.15) is 0 Å². The molecule has 1 aromatic heterocycles. The van der Waals surface area contributed by atoms with Crippen LogP contribution in [0.4, 0.5) is 5.82 Å². The average Bonchev–Trinajstić information content (AvgIpc) is 2.61. The van der Waals surface area contributed by atoms with Crippen molar-refractivity contribution in [1.82, 2.24) is 4.90 Å². The minimum absolute atomic E-state index is 0.00691. The maximum Gasteiger partial charge on any atom is 0.316 e. The largest absolute Gasteiger partial charge is 0.484 e. The van der Waals surface area contributed by atoms with E-state index in [9.17, 15) is 10.0 Å². The molecule has 6 nitrogen and oxygen atoms in total. The van der Waals surface area contributed by atoms with Crippen LogP contribution < -0.4 is 14.4 Å². The Balaban J connectivity index is 1.50. The number of aromatic nitrogens is 1. The highest BCUT2D eigenvalue weighted by atomic mass is 35.5. The van der Waals surface area contributed by atoms with E-state index in [1.807, 2.05) is 17.0 Å². The lowest BCUT2D eigenvalue weighted by Crippen LogP contribution is -2.53. The van der Waals surface area contributed by atoms with Gasteiger partial charge in [0.05, 0.1) is 13.1 Å². The van der Waals surface area contributed by atoms with Crippen LogP contribution in [-0.4, -0.2) is 48.8 Å². The van der Waals surface area contributed by atoms with Crippen LogP contribution >= 0.6 is 11.6 Å². The molecule has 1 aliphatic heterocycles. The normalized spacial score (nSPS) is 14.5. The third-order valence-electron chi connectivity index (χ3n) is 3.95. The van der Waals surface area contributed by atoms with Gasteiger partial charge in [-0.05, 0) is 30.3 Å². The molecule has 0 radical (unpaired) electrons. The lowest BCUT2D eigenvalue weighted by molar-refractivity contribution is -0.894. The van der Waals surface area contributed by atoms with Gasteiger partial charge in [-0.25, -0.2) is 0 Å². The summed E-state index contributed by atoms with van der Waals surface area (Å²) >= 11 is 5.82. The smallest absolute Gasteiger partial charge is 0.316 e. The molecule has 0 atom stereocenters. The maximum absolute atomic E-state index is 12.3. The van der Waals surface area contributed by atoms with Crippen LogP contribution in [0.2, 0.25) is 5.02 Å². The number of pyridine rings is 1. The van der Waals surface area contributed by atoms with E-state index in [1.54, 1.807) is 41.4 Å². The first-order chi connectivity index (χ1) is 11.6. The monoisotopic (exact) mass is 348 g/mol. The summed E-state index contributed by atoms with van der Waals surface area (Å²) in [5, 5.41) is 10.5. The predicted octanol–water partition coefficient (Wildman–Crippen LogP) is 1.59. The second-order valence-electron chi connectivity index (χ2n) is 5.51. The van der Waals surface area contributed by atoms with Gasteiger partial charge in [0.25, 0.3) is 5.91 Å². The standard InChI is InChI=1S/C17H19ClN3O3/c18-14-4-6-15(7-5-14)24-13-17(22)20-11-9-19(10-12-20)16-3-1-2-8-21(16)23/h1-8,23H,9-13H2/q+1. The van der Waals surface area contributed by atoms with Crippen molar-refractivity contribution < 1.29 is 19.5 Å². The van der Waals surface area contributed by atoms with Crippen molar-refractivity contribution in [3.05, 3.63) is 53.7 Å². The van der Waals surface area contributed by atoms with Crippen LogP contribution in [-0.2, 0) is 4.79 Å². The summed E-state index contributed by atoms with van der Waals surface area (Å²) in [5.41, 5.74) is 0. The fourth-order valence-corrected chi connectivity index (χ4v) is 2.75. The molecular formula is C17H19ClN3O3+. The molecule has 1 amide bonds. The van der Waals surface area contributed by atoms with E-state index in [4.69, 9.17) is 16.3 Å². The lowest BCUT2D eigenvalue weighted by Gasteiger charge is -2.31. The number of piperazine rings is 1. The second-order valence-corrected chi connectivity index (χ2v) is 5.95. The van der Waals surface area contributed by atoms with Gasteiger partial charge in [0, 0.05) is 11.1 Å². The van der Waals surface area contributed by atoms with Crippen LogP contribution in [0.3, 0.4) is 0 Å². The highest BCUT2D eigenvalue weighted by Gasteiger charge is 2.27. The summed E-state index contributed by atoms with van der Waals surface area (Å²) < 4.78 is 6.60. The van der Waals surface area contributed by atoms with Crippen LogP contribution in [0.15, 0.2) is 48.7 Å². The van der Waals surface area contributed by atoms with Crippen LogP contribution in [0.5, 0.6) is 5.75 Å². The number of halogens is 1. The number of carbonyl (C=O) groups excluding carboxylic acids is 1. The Labute approximate surface area is 145 Å². The number of rotatable bonds is 4. The molecule has 1 fully saturated rings. The molecule has 2 heterocycles. The summed E-state index contributed by atoms with van der Waals surface area (Å²) in [6, 6.07) is 12.4. The minimum Gasteiger partial charge on any atom is -0.484 e. The molecule has 0 saturated carbocycles. The third kappa shape index (κ3) is 3.89. The van der Waals surface area contributed by atoms with Crippen molar-refractivity contribution in [2.24, 2.45) is 0 Å². The molecule has 24 heavy (non-hydrogen) atoms. The Morgan fingerprint density at radius 1 is 1.12 bits per heavy atom. The molecule has 1 N–H and O–H groups in total. The zero-order valence-corrected chi connectivity index (χ0v) is 13.9. The summed E-state index contributed by atoms with van der Waals surface area (Å²) in [4.78, 5) is 16.1. The number of hydrogen-bond donors (Lipinski definition) is 1. The number of nitrogens with zero attached hydrogens (tertiary/aromatic N) is 3. The lowest BCUT2D eigenvalue weighted by atomic mass is 10.3. The number of ether oxygens (including phenoxy) is 1. The van der Waals surface area contributed by atoms with Gasteiger partial charge in [0.15, 0.2) is 6.61 Å². The quantitative estimate of drug-likeness (QED) is 0.673. The van der Waals surface area contributed by atoms with Gasteiger partial charge in [0.2, 0.25) is 0 Å². The topological polar surface area (TPSA) is 56.9 Å². The Morgan fingerprint density at radius 3 is 2.50 bits per heavy atom. The minimum atomic E-state index is -0.0467. The molecule has 7 heteroatoms. The second kappa shape index (κ2) is 7.40. The fraction of sp³-hybridized carbons (Fsp3) is 0.294. The Hall–Kier alpha value is -2.47. The third-order valence-corrected chi connectivity index (χ3v) is 4.20. The number of benzene rings is 1. The Kier molecular flexibility index (Phi) is 5.05. The van der Waals surface area contributed by atoms with Crippen molar-refractivity contribution >= 4 is 23.3 Å². The van der Waals surface area contributed by atoms with Gasteiger partial charge in [-0.1, -0.05) is 22.4 Å². The van der Waals surface area contributed by atoms with E-state index in [-0.39, 0.29) is 12.5 Å². The molecular weight excluding hydrogens is 330 g/mol. The van der Waals surface area contributed by atoms with Gasteiger partial charge < -0.3 is 14.8 Å². The number of carbonyl (C=O) groups is 1. The van der Waals surface area contributed by atoms with Gasteiger partial charge in [-0.2, -0.15) is 0 Å². The maximum atomic E-state index is 12.3. The molecule has 0 aliphatic carbocycles. The van der Waals surface area contributed by atoms with Gasteiger partial charge in [-0.3, -0.25) is 9.69 Å². The van der Waals surface area contributed by atoms with Gasteiger partial charge in [0.1, 0.15) is 25.0 Å². The van der Waals surface area contributed by atoms with E-state index in [1.165, 1.54) is 0 Å². The number of anilines is 1. The molecule has 126 valence electrons. The van der Waals surface area contributed by atoms with E-state index >= 15 is 0 Å². The first kappa shape index (κ1) is 16.4. The number of hydrogen-bond acceptors (Lipinski definition) is 4. The highest BCUT2D eigenvalue weighted by molar-refractivity contribution is 6.30. The van der Waals surface area contributed by atoms with Gasteiger partial charge >= 0.3 is 5.82 Å². The summed E-state index contributed by atoms with van der Waals surface area (Å²) in [5.74, 6) is 1.30. The van der Waals surface area contributed by atoms with Crippen molar-refractivity contribution in [1.29, 1.82) is 0 Å². The first-order valence-corrected chi connectivity index (χ1v) is 8.12. The van der Waals surface area contributed by atoms with Crippen molar-refractivity contribution in [2.75, 3.05) is 37.7 Å². The SMILES string of the molecule is O=C(COc1ccc(Cl)cc1)N1CCN(c2cccc[n+]2O)CC1.